The number of rotatable bonds is 4. The van der Waals surface area contributed by atoms with Crippen molar-refractivity contribution < 1.29 is 0 Å². The number of nitrogens with zero attached hydrogens (tertiary/aromatic N) is 3. The van der Waals surface area contributed by atoms with Gasteiger partial charge in [-0.25, -0.2) is 0 Å². The zero-order chi connectivity index (χ0) is 33.5. The van der Waals surface area contributed by atoms with Gasteiger partial charge in [0, 0.05) is 49.4 Å². The monoisotopic (exact) mass is 649 g/mol. The normalized spacial score (nSPS) is 11.9. The van der Waals surface area contributed by atoms with E-state index in [9.17, 15) is 0 Å². The first-order chi connectivity index (χ1) is 25.3. The Bertz CT molecular complexity index is 3070. The van der Waals surface area contributed by atoms with Gasteiger partial charge in [0.1, 0.15) is 0 Å². The molecule has 0 aliphatic rings. The maximum atomic E-state index is 2.42. The van der Waals surface area contributed by atoms with E-state index in [-0.39, 0.29) is 0 Å². The van der Waals surface area contributed by atoms with Crippen LogP contribution in [-0.4, -0.2) is 13.7 Å². The van der Waals surface area contributed by atoms with Crippen LogP contribution in [0.1, 0.15) is 0 Å². The summed E-state index contributed by atoms with van der Waals surface area (Å²) in [5.74, 6) is 0. The van der Waals surface area contributed by atoms with E-state index >= 15 is 0 Å². The van der Waals surface area contributed by atoms with E-state index in [1.165, 1.54) is 82.2 Å². The van der Waals surface area contributed by atoms with E-state index in [2.05, 4.69) is 202 Å². The molecule has 0 atom stereocenters. The number of fused-ring (bicyclic) bond motifs is 9. The van der Waals surface area contributed by atoms with Gasteiger partial charge in [-0.15, -0.1) is 0 Å². The van der Waals surface area contributed by atoms with Crippen molar-refractivity contribution in [2.75, 3.05) is 0 Å². The fourth-order valence-corrected chi connectivity index (χ4v) is 8.39. The van der Waals surface area contributed by atoms with Crippen LogP contribution in [0.3, 0.4) is 0 Å². The molecule has 0 spiro atoms. The fourth-order valence-electron chi connectivity index (χ4n) is 8.39. The lowest BCUT2D eigenvalue weighted by molar-refractivity contribution is 1.15. The third-order valence-electron chi connectivity index (χ3n) is 10.6. The van der Waals surface area contributed by atoms with Crippen LogP contribution < -0.4 is 0 Å². The molecule has 3 aromatic heterocycles. The molecule has 0 radical (unpaired) electrons. The van der Waals surface area contributed by atoms with Crippen molar-refractivity contribution in [1.29, 1.82) is 0 Å². The third kappa shape index (κ3) is 4.12. The standard InChI is InChI=1S/C48H31N3/c1-3-13-34(14-4-1)49-45-22-12-9-19-39(45)41-29-32(23-27-46(41)49)33-24-28-47-42(30-33)40-26-25-36(31-48(40)50(47)35-15-5-2-6-16-35)51-43-20-10-7-17-37(43)38-18-8-11-21-44(38)51/h1-31H. The number of benzene rings is 8. The molecule has 11 rings (SSSR count). The molecular weight excluding hydrogens is 619 g/mol. The van der Waals surface area contributed by atoms with Crippen LogP contribution in [0.5, 0.6) is 0 Å². The second kappa shape index (κ2) is 10.8. The van der Waals surface area contributed by atoms with Gasteiger partial charge in [0.25, 0.3) is 0 Å². The van der Waals surface area contributed by atoms with Gasteiger partial charge in [-0.3, -0.25) is 0 Å². The molecule has 0 N–H and O–H groups in total. The summed E-state index contributed by atoms with van der Waals surface area (Å²) in [4.78, 5) is 0. The predicted molar refractivity (Wildman–Crippen MR) is 215 cm³/mol. The van der Waals surface area contributed by atoms with Crippen molar-refractivity contribution >= 4 is 65.4 Å². The van der Waals surface area contributed by atoms with E-state index in [0.29, 0.717) is 0 Å². The first-order valence-corrected chi connectivity index (χ1v) is 17.5. The van der Waals surface area contributed by atoms with Crippen molar-refractivity contribution in [1.82, 2.24) is 13.7 Å². The Hall–Kier alpha value is -6.84. The minimum absolute atomic E-state index is 1.15. The molecule has 0 saturated carbocycles. The zero-order valence-electron chi connectivity index (χ0n) is 27.7. The first-order valence-electron chi connectivity index (χ1n) is 17.5. The minimum atomic E-state index is 1.15. The van der Waals surface area contributed by atoms with Crippen molar-refractivity contribution in [2.24, 2.45) is 0 Å². The van der Waals surface area contributed by atoms with E-state index in [4.69, 9.17) is 0 Å². The summed E-state index contributed by atoms with van der Waals surface area (Å²) in [6.45, 7) is 0. The number of hydrogen-bond donors (Lipinski definition) is 0. The highest BCUT2D eigenvalue weighted by Gasteiger charge is 2.18. The molecule has 3 heterocycles. The molecule has 3 heteroatoms. The Labute approximate surface area is 294 Å². The number of aromatic nitrogens is 3. The maximum absolute atomic E-state index is 2.42. The maximum Gasteiger partial charge on any atom is 0.0561 e. The third-order valence-corrected chi connectivity index (χ3v) is 10.6. The van der Waals surface area contributed by atoms with Crippen LogP contribution in [0.2, 0.25) is 0 Å². The topological polar surface area (TPSA) is 14.8 Å². The van der Waals surface area contributed by atoms with Crippen LogP contribution >= 0.6 is 0 Å². The molecule has 0 amide bonds. The lowest BCUT2D eigenvalue weighted by Gasteiger charge is -2.11. The summed E-state index contributed by atoms with van der Waals surface area (Å²) < 4.78 is 7.20. The van der Waals surface area contributed by atoms with E-state index in [1.807, 2.05) is 0 Å². The van der Waals surface area contributed by atoms with Gasteiger partial charge in [0.05, 0.1) is 33.1 Å². The Morgan fingerprint density at radius 1 is 0.216 bits per heavy atom. The van der Waals surface area contributed by atoms with Crippen LogP contribution in [0.15, 0.2) is 188 Å². The average molecular weight is 650 g/mol. The molecule has 0 aliphatic carbocycles. The van der Waals surface area contributed by atoms with Crippen LogP contribution in [0, 0.1) is 0 Å². The van der Waals surface area contributed by atoms with Crippen LogP contribution in [0.4, 0.5) is 0 Å². The lowest BCUT2D eigenvalue weighted by Crippen LogP contribution is -1.96. The fraction of sp³-hybridized carbons (Fsp3) is 0. The Balaban J connectivity index is 1.14. The molecule has 0 aliphatic heterocycles. The molecule has 0 saturated heterocycles. The van der Waals surface area contributed by atoms with Crippen molar-refractivity contribution in [3.8, 4) is 28.2 Å². The molecule has 11 aromatic rings. The van der Waals surface area contributed by atoms with Crippen molar-refractivity contribution in [2.45, 2.75) is 0 Å². The smallest absolute Gasteiger partial charge is 0.0561 e. The second-order valence-electron chi connectivity index (χ2n) is 13.4. The summed E-state index contributed by atoms with van der Waals surface area (Å²) in [7, 11) is 0. The van der Waals surface area contributed by atoms with Gasteiger partial charge in [-0.2, -0.15) is 0 Å². The molecule has 238 valence electrons. The van der Waals surface area contributed by atoms with Gasteiger partial charge in [0.15, 0.2) is 0 Å². The Morgan fingerprint density at radius 2 is 0.588 bits per heavy atom. The molecule has 0 bridgehead atoms. The quantitative estimate of drug-likeness (QED) is 0.180. The van der Waals surface area contributed by atoms with E-state index in [1.54, 1.807) is 0 Å². The van der Waals surface area contributed by atoms with Crippen LogP contribution in [0.25, 0.3) is 93.6 Å². The number of para-hydroxylation sites is 5. The molecule has 0 fully saturated rings. The summed E-state index contributed by atoms with van der Waals surface area (Å²) in [6, 6.07) is 68.5. The first kappa shape index (κ1) is 28.0. The van der Waals surface area contributed by atoms with Gasteiger partial charge in [-0.05, 0) is 90.0 Å². The van der Waals surface area contributed by atoms with Gasteiger partial charge < -0.3 is 13.7 Å². The molecule has 8 aromatic carbocycles. The van der Waals surface area contributed by atoms with Crippen LogP contribution in [-0.2, 0) is 0 Å². The lowest BCUT2D eigenvalue weighted by atomic mass is 10.0. The highest BCUT2D eigenvalue weighted by atomic mass is 15.0. The predicted octanol–water partition coefficient (Wildman–Crippen LogP) is 12.6. The Morgan fingerprint density at radius 3 is 1.10 bits per heavy atom. The molecular formula is C48H31N3. The summed E-state index contributed by atoms with van der Waals surface area (Å²) in [5.41, 5.74) is 13.1. The number of hydrogen-bond acceptors (Lipinski definition) is 0. The van der Waals surface area contributed by atoms with Gasteiger partial charge in [0.2, 0.25) is 0 Å². The van der Waals surface area contributed by atoms with E-state index in [0.717, 1.165) is 11.4 Å². The highest BCUT2D eigenvalue weighted by Crippen LogP contribution is 2.40. The summed E-state index contributed by atoms with van der Waals surface area (Å²) in [5, 5.41) is 7.54. The largest absolute Gasteiger partial charge is 0.309 e. The van der Waals surface area contributed by atoms with Crippen molar-refractivity contribution in [3.05, 3.63) is 188 Å². The minimum Gasteiger partial charge on any atom is -0.309 e. The van der Waals surface area contributed by atoms with Gasteiger partial charge in [-0.1, -0.05) is 109 Å². The summed E-state index contributed by atoms with van der Waals surface area (Å²) in [6.07, 6.45) is 0. The second-order valence-corrected chi connectivity index (χ2v) is 13.4. The molecule has 0 unspecified atom stereocenters. The Kier molecular flexibility index (Phi) is 5.96. The van der Waals surface area contributed by atoms with Crippen molar-refractivity contribution in [3.63, 3.8) is 0 Å². The highest BCUT2D eigenvalue weighted by molar-refractivity contribution is 6.14. The van der Waals surface area contributed by atoms with Gasteiger partial charge >= 0.3 is 0 Å². The molecule has 3 nitrogen and oxygen atoms in total. The molecule has 51 heavy (non-hydrogen) atoms. The SMILES string of the molecule is c1ccc(-n2c3ccccc3c3cc(-c4ccc5c(c4)c4ccc(-n6c7ccccc7c7ccccc76)cc4n5-c4ccccc4)ccc32)cc1. The zero-order valence-corrected chi connectivity index (χ0v) is 27.7. The summed E-state index contributed by atoms with van der Waals surface area (Å²) >= 11 is 0. The average Bonchev–Trinajstić information content (AvgIpc) is 3.83. The van der Waals surface area contributed by atoms with E-state index < -0.39 is 0 Å².